The number of likely N-dealkylation sites (tertiary alicyclic amines) is 1. The Bertz CT molecular complexity index is 401. The molecule has 0 radical (unpaired) electrons. The van der Waals surface area contributed by atoms with Crippen LogP contribution in [0, 0.1) is 0 Å². The van der Waals surface area contributed by atoms with Gasteiger partial charge in [-0.15, -0.1) is 0 Å². The predicted molar refractivity (Wildman–Crippen MR) is 88.9 cm³/mol. The van der Waals surface area contributed by atoms with Crippen LogP contribution in [0.15, 0.2) is 30.3 Å². The van der Waals surface area contributed by atoms with Gasteiger partial charge in [0, 0.05) is 13.1 Å². The molecule has 0 aromatic heterocycles. The number of benzene rings is 1. The van der Waals surface area contributed by atoms with Crippen LogP contribution in [0.2, 0.25) is 0 Å². The Morgan fingerprint density at radius 2 is 1.90 bits per heavy atom. The van der Waals surface area contributed by atoms with E-state index in [9.17, 15) is 0 Å². The highest BCUT2D eigenvalue weighted by molar-refractivity contribution is 7.80. The largest absolute Gasteiger partial charge is 0.361 e. The second-order valence-electron chi connectivity index (χ2n) is 5.43. The van der Waals surface area contributed by atoms with E-state index in [0.717, 1.165) is 18.2 Å². The normalized spacial score (nSPS) is 17.4. The van der Waals surface area contributed by atoms with Gasteiger partial charge in [-0.2, -0.15) is 0 Å². The van der Waals surface area contributed by atoms with E-state index >= 15 is 0 Å². The third kappa shape index (κ3) is 5.10. The molecule has 2 N–H and O–H groups in total. The average Bonchev–Trinajstić information content (AvgIpc) is 2.49. The highest BCUT2D eigenvalue weighted by Crippen LogP contribution is 2.10. The van der Waals surface area contributed by atoms with Crippen LogP contribution < -0.4 is 10.6 Å². The summed E-state index contributed by atoms with van der Waals surface area (Å²) >= 11 is 5.36. The Hall–Kier alpha value is -1.13. The lowest BCUT2D eigenvalue weighted by atomic mass is 10.1. The van der Waals surface area contributed by atoms with Gasteiger partial charge in [0.2, 0.25) is 0 Å². The molecule has 2 rings (SSSR count). The minimum Gasteiger partial charge on any atom is -0.361 e. The van der Waals surface area contributed by atoms with Crippen LogP contribution in [-0.2, 0) is 0 Å². The minimum absolute atomic E-state index is 0.242. The fourth-order valence-electron chi connectivity index (χ4n) is 2.58. The number of hydrogen-bond donors (Lipinski definition) is 2. The van der Waals surface area contributed by atoms with Crippen LogP contribution in [0.5, 0.6) is 0 Å². The van der Waals surface area contributed by atoms with E-state index < -0.39 is 0 Å². The summed E-state index contributed by atoms with van der Waals surface area (Å²) in [5.41, 5.74) is 1.26. The van der Waals surface area contributed by atoms with Crippen molar-refractivity contribution in [1.82, 2.24) is 15.5 Å². The summed E-state index contributed by atoms with van der Waals surface area (Å²) in [5.74, 6) is 0. The zero-order chi connectivity index (χ0) is 14.2. The summed E-state index contributed by atoms with van der Waals surface area (Å²) in [5, 5.41) is 7.39. The highest BCUT2D eigenvalue weighted by atomic mass is 32.1. The first-order valence-electron chi connectivity index (χ1n) is 7.57. The Morgan fingerprint density at radius 3 is 2.60 bits per heavy atom. The standard InChI is InChI=1S/C16H25N3S/c1-14(15-8-4-2-5-9-15)18-16(20)17-10-13-19-11-6-3-7-12-19/h2,4-5,8-9,14H,3,6-7,10-13H2,1H3,(H2,17,18,20). The Labute approximate surface area is 127 Å². The predicted octanol–water partition coefficient (Wildman–Crippen LogP) is 2.70. The van der Waals surface area contributed by atoms with Gasteiger partial charge < -0.3 is 15.5 Å². The first-order chi connectivity index (χ1) is 9.75. The lowest BCUT2D eigenvalue weighted by Crippen LogP contribution is -2.42. The maximum absolute atomic E-state index is 5.36. The molecule has 110 valence electrons. The quantitative estimate of drug-likeness (QED) is 0.816. The number of nitrogens with zero attached hydrogens (tertiary/aromatic N) is 1. The van der Waals surface area contributed by atoms with E-state index in [1.54, 1.807) is 0 Å². The van der Waals surface area contributed by atoms with E-state index in [4.69, 9.17) is 12.2 Å². The second-order valence-corrected chi connectivity index (χ2v) is 5.84. The van der Waals surface area contributed by atoms with E-state index in [0.29, 0.717) is 0 Å². The summed E-state index contributed by atoms with van der Waals surface area (Å²) in [6.07, 6.45) is 4.07. The lowest BCUT2D eigenvalue weighted by molar-refractivity contribution is 0.232. The fourth-order valence-corrected chi connectivity index (χ4v) is 2.86. The van der Waals surface area contributed by atoms with Crippen LogP contribution in [0.3, 0.4) is 0 Å². The number of nitrogens with one attached hydrogen (secondary N) is 2. The third-order valence-corrected chi connectivity index (χ3v) is 4.07. The summed E-state index contributed by atoms with van der Waals surface area (Å²) in [4.78, 5) is 2.51. The van der Waals surface area contributed by atoms with Gasteiger partial charge in [-0.25, -0.2) is 0 Å². The molecule has 20 heavy (non-hydrogen) atoms. The van der Waals surface area contributed by atoms with Crippen molar-refractivity contribution in [2.45, 2.75) is 32.2 Å². The van der Waals surface area contributed by atoms with Crippen LogP contribution >= 0.6 is 12.2 Å². The van der Waals surface area contributed by atoms with Crippen LogP contribution in [0.25, 0.3) is 0 Å². The lowest BCUT2D eigenvalue weighted by Gasteiger charge is -2.26. The van der Waals surface area contributed by atoms with Gasteiger partial charge in [0.25, 0.3) is 0 Å². The second kappa shape index (κ2) is 8.22. The van der Waals surface area contributed by atoms with Crippen LogP contribution in [0.1, 0.15) is 37.8 Å². The highest BCUT2D eigenvalue weighted by Gasteiger charge is 2.10. The minimum atomic E-state index is 0.242. The van der Waals surface area contributed by atoms with Gasteiger partial charge in [0.1, 0.15) is 0 Å². The average molecular weight is 291 g/mol. The van der Waals surface area contributed by atoms with Crippen molar-refractivity contribution in [3.8, 4) is 0 Å². The SMILES string of the molecule is CC(NC(=S)NCCN1CCCCC1)c1ccccc1. The molecule has 1 unspecified atom stereocenters. The van der Waals surface area contributed by atoms with E-state index in [1.807, 2.05) is 6.07 Å². The van der Waals surface area contributed by atoms with Crippen LogP contribution in [0.4, 0.5) is 0 Å². The molecule has 1 aliphatic heterocycles. The molecule has 0 saturated carbocycles. The molecule has 3 nitrogen and oxygen atoms in total. The number of piperidine rings is 1. The van der Waals surface area contributed by atoms with Crippen molar-refractivity contribution in [2.24, 2.45) is 0 Å². The molecule has 1 heterocycles. The van der Waals surface area contributed by atoms with Crippen molar-refractivity contribution in [3.63, 3.8) is 0 Å². The number of thiocarbonyl (C=S) groups is 1. The molecule has 0 aliphatic carbocycles. The van der Waals surface area contributed by atoms with Crippen molar-refractivity contribution in [2.75, 3.05) is 26.2 Å². The Morgan fingerprint density at radius 1 is 1.20 bits per heavy atom. The monoisotopic (exact) mass is 291 g/mol. The molecular formula is C16H25N3S. The molecule has 0 spiro atoms. The van der Waals surface area contributed by atoms with Gasteiger partial charge >= 0.3 is 0 Å². The molecule has 1 saturated heterocycles. The zero-order valence-corrected chi connectivity index (χ0v) is 13.1. The summed E-state index contributed by atoms with van der Waals surface area (Å²) < 4.78 is 0. The molecule has 1 atom stereocenters. The van der Waals surface area contributed by atoms with Gasteiger partial charge in [-0.05, 0) is 50.6 Å². The van der Waals surface area contributed by atoms with Crippen molar-refractivity contribution in [3.05, 3.63) is 35.9 Å². The maximum Gasteiger partial charge on any atom is 0.166 e. The topological polar surface area (TPSA) is 27.3 Å². The van der Waals surface area contributed by atoms with Crippen molar-refractivity contribution < 1.29 is 0 Å². The molecule has 0 bridgehead atoms. The first kappa shape index (κ1) is 15.3. The molecular weight excluding hydrogens is 266 g/mol. The van der Waals surface area contributed by atoms with Crippen LogP contribution in [-0.4, -0.2) is 36.2 Å². The third-order valence-electron chi connectivity index (χ3n) is 3.81. The molecule has 1 aliphatic rings. The summed E-state index contributed by atoms with van der Waals surface area (Å²) in [7, 11) is 0. The zero-order valence-electron chi connectivity index (χ0n) is 12.3. The fraction of sp³-hybridized carbons (Fsp3) is 0.562. The van der Waals surface area contributed by atoms with Gasteiger partial charge in [-0.1, -0.05) is 36.8 Å². The maximum atomic E-state index is 5.36. The number of hydrogen-bond acceptors (Lipinski definition) is 2. The first-order valence-corrected chi connectivity index (χ1v) is 7.98. The molecule has 1 fully saturated rings. The number of rotatable bonds is 5. The van der Waals surface area contributed by atoms with E-state index in [-0.39, 0.29) is 6.04 Å². The van der Waals surface area contributed by atoms with Crippen molar-refractivity contribution >= 4 is 17.3 Å². The summed E-state index contributed by atoms with van der Waals surface area (Å²) in [6.45, 7) is 6.62. The van der Waals surface area contributed by atoms with Gasteiger partial charge in [-0.3, -0.25) is 0 Å². The van der Waals surface area contributed by atoms with Gasteiger partial charge in [0.15, 0.2) is 5.11 Å². The smallest absolute Gasteiger partial charge is 0.166 e. The molecule has 1 aromatic carbocycles. The Balaban J connectivity index is 1.65. The van der Waals surface area contributed by atoms with Gasteiger partial charge in [0.05, 0.1) is 6.04 Å². The van der Waals surface area contributed by atoms with E-state index in [1.165, 1.54) is 37.9 Å². The van der Waals surface area contributed by atoms with Crippen molar-refractivity contribution in [1.29, 1.82) is 0 Å². The molecule has 4 heteroatoms. The molecule has 0 amide bonds. The summed E-state index contributed by atoms with van der Waals surface area (Å²) in [6, 6.07) is 10.6. The molecule has 1 aromatic rings. The van der Waals surface area contributed by atoms with E-state index in [2.05, 4.69) is 46.7 Å². The Kier molecular flexibility index (Phi) is 6.27.